The number of carboxylic acid groups (broad SMARTS) is 1. The van der Waals surface area contributed by atoms with Crippen molar-refractivity contribution in [2.75, 3.05) is 14.2 Å². The van der Waals surface area contributed by atoms with E-state index in [1.165, 1.54) is 7.11 Å². The fourth-order valence-electron chi connectivity index (χ4n) is 2.11. The molecule has 0 unspecified atom stereocenters. The number of ether oxygens (including phenoxy) is 2. The van der Waals surface area contributed by atoms with Crippen LogP contribution >= 0.6 is 11.6 Å². The first kappa shape index (κ1) is 16.6. The number of aliphatic carboxylic acids is 1. The number of carbonyl (C=O) groups is 1. The van der Waals surface area contributed by atoms with Gasteiger partial charge in [-0.05, 0) is 43.9 Å². The lowest BCUT2D eigenvalue weighted by Crippen LogP contribution is -2.26. The lowest BCUT2D eigenvalue weighted by molar-refractivity contribution is -0.146. The van der Waals surface area contributed by atoms with Crippen molar-refractivity contribution in [1.29, 1.82) is 0 Å². The summed E-state index contributed by atoms with van der Waals surface area (Å²) in [6, 6.07) is 1.91. The molecule has 0 spiro atoms. The molecule has 1 N–H and O–H groups in total. The van der Waals surface area contributed by atoms with Crippen molar-refractivity contribution in [3.05, 3.63) is 22.2 Å². The predicted molar refractivity (Wildman–Crippen MR) is 79.1 cm³/mol. The van der Waals surface area contributed by atoms with Crippen LogP contribution in [0.5, 0.6) is 11.5 Å². The number of carboxylic acids is 1. The van der Waals surface area contributed by atoms with Crippen LogP contribution in [0, 0.1) is 5.41 Å². The highest BCUT2D eigenvalue weighted by Gasteiger charge is 2.30. The van der Waals surface area contributed by atoms with Gasteiger partial charge in [0.15, 0.2) is 0 Å². The molecule has 0 heterocycles. The van der Waals surface area contributed by atoms with Gasteiger partial charge in [-0.15, -0.1) is 0 Å². The topological polar surface area (TPSA) is 55.8 Å². The van der Waals surface area contributed by atoms with E-state index < -0.39 is 11.4 Å². The third-order valence-electron chi connectivity index (χ3n) is 3.33. The summed E-state index contributed by atoms with van der Waals surface area (Å²) in [6.45, 7) is 5.35. The van der Waals surface area contributed by atoms with E-state index in [2.05, 4.69) is 0 Å². The molecule has 0 saturated heterocycles. The zero-order chi connectivity index (χ0) is 15.5. The normalized spacial score (nSPS) is 11.3. The Morgan fingerprint density at radius 1 is 1.25 bits per heavy atom. The molecule has 4 nitrogen and oxygen atoms in total. The largest absolute Gasteiger partial charge is 0.495 e. The van der Waals surface area contributed by atoms with Crippen LogP contribution in [-0.4, -0.2) is 25.3 Å². The van der Waals surface area contributed by atoms with Gasteiger partial charge in [-0.3, -0.25) is 4.79 Å². The molecule has 0 fully saturated rings. The van der Waals surface area contributed by atoms with Gasteiger partial charge in [0.25, 0.3) is 0 Å². The van der Waals surface area contributed by atoms with E-state index in [1.807, 2.05) is 13.0 Å². The predicted octanol–water partition coefficient (Wildman–Crippen LogP) is 3.57. The summed E-state index contributed by atoms with van der Waals surface area (Å²) in [7, 11) is 3.07. The van der Waals surface area contributed by atoms with Crippen LogP contribution in [0.4, 0.5) is 0 Å². The van der Waals surface area contributed by atoms with Gasteiger partial charge in [-0.25, -0.2) is 0 Å². The number of methoxy groups -OCH3 is 2. The first-order chi connectivity index (χ1) is 9.28. The highest BCUT2D eigenvalue weighted by Crippen LogP contribution is 2.42. The summed E-state index contributed by atoms with van der Waals surface area (Å²) in [5.74, 6) is 0.211. The van der Waals surface area contributed by atoms with Gasteiger partial charge in [0.1, 0.15) is 16.5 Å². The fraction of sp³-hybridized carbons (Fsp3) is 0.533. The maximum atomic E-state index is 11.3. The average molecular weight is 301 g/mol. The first-order valence-electron chi connectivity index (χ1n) is 6.44. The molecule has 1 aromatic carbocycles. The third kappa shape index (κ3) is 3.18. The van der Waals surface area contributed by atoms with Crippen molar-refractivity contribution < 1.29 is 19.4 Å². The molecule has 0 atom stereocenters. The zero-order valence-corrected chi connectivity index (χ0v) is 13.3. The Hall–Kier alpha value is -1.42. The van der Waals surface area contributed by atoms with E-state index in [9.17, 15) is 9.90 Å². The van der Waals surface area contributed by atoms with Crippen LogP contribution in [0.2, 0.25) is 5.02 Å². The molecule has 5 heteroatoms. The Morgan fingerprint density at radius 3 is 2.15 bits per heavy atom. The minimum atomic E-state index is -0.893. The lowest BCUT2D eigenvalue weighted by atomic mass is 9.85. The molecule has 0 bridgehead atoms. The summed E-state index contributed by atoms with van der Waals surface area (Å²) in [5.41, 5.74) is 0.827. The lowest BCUT2D eigenvalue weighted by Gasteiger charge is -2.23. The zero-order valence-electron chi connectivity index (χ0n) is 12.5. The number of hydrogen-bond donors (Lipinski definition) is 1. The molecule has 20 heavy (non-hydrogen) atoms. The van der Waals surface area contributed by atoms with Crippen LogP contribution in [-0.2, 0) is 17.6 Å². The van der Waals surface area contributed by atoms with Gasteiger partial charge in [-0.2, -0.15) is 0 Å². The van der Waals surface area contributed by atoms with E-state index in [0.29, 0.717) is 22.9 Å². The van der Waals surface area contributed by atoms with Crippen molar-refractivity contribution in [2.24, 2.45) is 5.41 Å². The summed E-state index contributed by atoms with van der Waals surface area (Å²) >= 11 is 6.31. The fourth-order valence-corrected chi connectivity index (χ4v) is 2.51. The first-order valence-corrected chi connectivity index (χ1v) is 6.81. The molecule has 0 aromatic heterocycles. The van der Waals surface area contributed by atoms with Crippen molar-refractivity contribution in [3.8, 4) is 11.5 Å². The molecule has 0 amide bonds. The number of rotatable bonds is 6. The molecule has 0 aliphatic carbocycles. The Balaban J connectivity index is 3.39. The summed E-state index contributed by atoms with van der Waals surface area (Å²) < 4.78 is 10.7. The summed E-state index contributed by atoms with van der Waals surface area (Å²) in [5, 5.41) is 9.66. The van der Waals surface area contributed by atoms with Crippen LogP contribution < -0.4 is 9.47 Å². The summed E-state index contributed by atoms with van der Waals surface area (Å²) in [4.78, 5) is 11.3. The monoisotopic (exact) mass is 300 g/mol. The third-order valence-corrected chi connectivity index (χ3v) is 3.67. The standard InChI is InChI=1S/C15H21ClO4/c1-6-9-7-10(8-15(2,3)14(17)18)13(20-5)11(16)12(9)19-4/h7H,6,8H2,1-5H3,(H,17,18). The Kier molecular flexibility index (Phi) is 5.28. The molecule has 0 saturated carbocycles. The SMILES string of the molecule is CCc1cc(CC(C)(C)C(=O)O)c(OC)c(Cl)c1OC. The van der Waals surface area contributed by atoms with E-state index in [4.69, 9.17) is 21.1 Å². The number of hydrogen-bond acceptors (Lipinski definition) is 3. The number of aryl methyl sites for hydroxylation is 1. The quantitative estimate of drug-likeness (QED) is 0.872. The minimum Gasteiger partial charge on any atom is -0.495 e. The summed E-state index contributed by atoms with van der Waals surface area (Å²) in [6.07, 6.45) is 1.08. The van der Waals surface area contributed by atoms with Crippen LogP contribution in [0.1, 0.15) is 31.9 Å². The minimum absolute atomic E-state index is 0.336. The molecule has 0 aliphatic heterocycles. The van der Waals surface area contributed by atoms with Crippen molar-refractivity contribution in [3.63, 3.8) is 0 Å². The van der Waals surface area contributed by atoms with E-state index >= 15 is 0 Å². The molecule has 1 rings (SSSR count). The van der Waals surface area contributed by atoms with Crippen molar-refractivity contribution >= 4 is 17.6 Å². The molecule has 0 aliphatic rings. The van der Waals surface area contributed by atoms with Crippen LogP contribution in [0.15, 0.2) is 6.07 Å². The highest BCUT2D eigenvalue weighted by molar-refractivity contribution is 6.33. The molecule has 1 aromatic rings. The average Bonchev–Trinajstić information content (AvgIpc) is 2.37. The van der Waals surface area contributed by atoms with E-state index in [1.54, 1.807) is 21.0 Å². The van der Waals surface area contributed by atoms with Crippen LogP contribution in [0.25, 0.3) is 0 Å². The number of benzene rings is 1. The van der Waals surface area contributed by atoms with Crippen LogP contribution in [0.3, 0.4) is 0 Å². The highest BCUT2D eigenvalue weighted by atomic mass is 35.5. The second-order valence-corrected chi connectivity index (χ2v) is 5.67. The molecule has 0 radical (unpaired) electrons. The second-order valence-electron chi connectivity index (χ2n) is 5.29. The Labute approximate surface area is 124 Å². The second kappa shape index (κ2) is 6.35. The van der Waals surface area contributed by atoms with Gasteiger partial charge in [0, 0.05) is 0 Å². The molecule has 112 valence electrons. The maximum Gasteiger partial charge on any atom is 0.309 e. The van der Waals surface area contributed by atoms with Gasteiger partial charge in [0.05, 0.1) is 19.6 Å². The van der Waals surface area contributed by atoms with Crippen molar-refractivity contribution in [1.82, 2.24) is 0 Å². The van der Waals surface area contributed by atoms with Gasteiger partial charge in [0.2, 0.25) is 0 Å². The Morgan fingerprint density at radius 2 is 1.75 bits per heavy atom. The van der Waals surface area contributed by atoms with Gasteiger partial charge in [-0.1, -0.05) is 18.5 Å². The van der Waals surface area contributed by atoms with Gasteiger partial charge < -0.3 is 14.6 Å². The van der Waals surface area contributed by atoms with E-state index in [0.717, 1.165) is 17.5 Å². The molecular weight excluding hydrogens is 280 g/mol. The number of halogens is 1. The smallest absolute Gasteiger partial charge is 0.309 e. The Bertz CT molecular complexity index is 509. The van der Waals surface area contributed by atoms with Crippen molar-refractivity contribution in [2.45, 2.75) is 33.6 Å². The maximum absolute atomic E-state index is 11.3. The van der Waals surface area contributed by atoms with Gasteiger partial charge >= 0.3 is 5.97 Å². The van der Waals surface area contributed by atoms with E-state index in [-0.39, 0.29) is 0 Å². The molecular formula is C15H21ClO4.